The summed E-state index contributed by atoms with van der Waals surface area (Å²) in [6.07, 6.45) is 9.84. The Hall–Kier alpha value is -2.02. The fourth-order valence-electron chi connectivity index (χ4n) is 3.38. The summed E-state index contributed by atoms with van der Waals surface area (Å²) in [6.45, 7) is 5.06. The van der Waals surface area contributed by atoms with Gasteiger partial charge in [-0.2, -0.15) is 5.10 Å². The van der Waals surface area contributed by atoms with Gasteiger partial charge in [-0.25, -0.2) is 9.48 Å². The lowest BCUT2D eigenvalue weighted by molar-refractivity contribution is 0.0527. The number of hydrogen-bond acceptors (Lipinski definition) is 6. The molecule has 7 nitrogen and oxygen atoms in total. The van der Waals surface area contributed by atoms with E-state index in [-0.39, 0.29) is 6.04 Å². The molecule has 2 aliphatic heterocycles. The Kier molecular flexibility index (Phi) is 5.40. The normalized spacial score (nSPS) is 22.3. The number of esters is 1. The van der Waals surface area contributed by atoms with Gasteiger partial charge in [0.25, 0.3) is 0 Å². The minimum atomic E-state index is -0.402. The Morgan fingerprint density at radius 1 is 1.42 bits per heavy atom. The molecule has 0 amide bonds. The molecule has 0 saturated carbocycles. The van der Waals surface area contributed by atoms with Crippen molar-refractivity contribution in [3.05, 3.63) is 24.1 Å². The standard InChI is InChI=1S/C17H26N4O3/c1-2-23-17(22)15-11-19-21(16(15)18)13-6-8-20(9-7-13)12-14-5-3-4-10-24-14/h4,10-11,13-14H,2-3,5-9,12,18H2,1H3. The number of anilines is 1. The van der Waals surface area contributed by atoms with Crippen LogP contribution in [-0.4, -0.2) is 53.0 Å². The van der Waals surface area contributed by atoms with Gasteiger partial charge >= 0.3 is 5.97 Å². The number of nitrogen functional groups attached to an aromatic ring is 1. The first-order valence-corrected chi connectivity index (χ1v) is 8.72. The maximum Gasteiger partial charge on any atom is 0.343 e. The number of hydrogen-bond donors (Lipinski definition) is 1. The highest BCUT2D eigenvalue weighted by molar-refractivity contribution is 5.94. The minimum Gasteiger partial charge on any atom is -0.497 e. The molecule has 132 valence electrons. The van der Waals surface area contributed by atoms with E-state index >= 15 is 0 Å². The van der Waals surface area contributed by atoms with E-state index in [0.717, 1.165) is 45.3 Å². The molecule has 0 bridgehead atoms. The number of piperidine rings is 1. The maximum atomic E-state index is 11.9. The van der Waals surface area contributed by atoms with Gasteiger partial charge in [0, 0.05) is 19.6 Å². The highest BCUT2D eigenvalue weighted by atomic mass is 16.5. The lowest BCUT2D eigenvalue weighted by Crippen LogP contribution is -2.40. The van der Waals surface area contributed by atoms with Crippen molar-refractivity contribution in [2.45, 2.75) is 44.8 Å². The quantitative estimate of drug-likeness (QED) is 0.829. The largest absolute Gasteiger partial charge is 0.497 e. The molecular weight excluding hydrogens is 308 g/mol. The molecule has 1 fully saturated rings. The van der Waals surface area contributed by atoms with Crippen LogP contribution in [0.4, 0.5) is 5.82 Å². The zero-order valence-corrected chi connectivity index (χ0v) is 14.2. The molecule has 3 rings (SSSR count). The highest BCUT2D eigenvalue weighted by Crippen LogP contribution is 2.27. The first-order chi connectivity index (χ1) is 11.7. The van der Waals surface area contributed by atoms with Gasteiger partial charge in [-0.15, -0.1) is 0 Å². The van der Waals surface area contributed by atoms with E-state index in [2.05, 4.69) is 16.1 Å². The molecule has 0 spiro atoms. The predicted octanol–water partition coefficient (Wildman–Crippen LogP) is 1.97. The Morgan fingerprint density at radius 3 is 2.88 bits per heavy atom. The minimum absolute atomic E-state index is 0.233. The van der Waals surface area contributed by atoms with Crippen LogP contribution in [0.15, 0.2) is 18.5 Å². The summed E-state index contributed by atoms with van der Waals surface area (Å²) in [5.74, 6) is 0.00818. The smallest absolute Gasteiger partial charge is 0.343 e. The van der Waals surface area contributed by atoms with Crippen molar-refractivity contribution in [3.8, 4) is 0 Å². The lowest BCUT2D eigenvalue weighted by Gasteiger charge is -2.34. The maximum absolute atomic E-state index is 11.9. The summed E-state index contributed by atoms with van der Waals surface area (Å²) in [6, 6.07) is 0.233. The number of carbonyl (C=O) groups excluding carboxylic acids is 1. The first-order valence-electron chi connectivity index (χ1n) is 8.72. The third-order valence-corrected chi connectivity index (χ3v) is 4.72. The van der Waals surface area contributed by atoms with Crippen LogP contribution >= 0.6 is 0 Å². The molecule has 1 saturated heterocycles. The van der Waals surface area contributed by atoms with Crippen molar-refractivity contribution in [1.29, 1.82) is 0 Å². The van der Waals surface area contributed by atoms with E-state index in [1.807, 2.05) is 6.26 Å². The van der Waals surface area contributed by atoms with Gasteiger partial charge in [-0.05, 0) is 38.7 Å². The third kappa shape index (κ3) is 3.72. The van der Waals surface area contributed by atoms with E-state index in [0.29, 0.717) is 24.1 Å². The van der Waals surface area contributed by atoms with Gasteiger partial charge in [0.05, 0.1) is 25.1 Å². The zero-order valence-electron chi connectivity index (χ0n) is 14.2. The second kappa shape index (κ2) is 7.70. The molecule has 2 N–H and O–H groups in total. The van der Waals surface area contributed by atoms with E-state index < -0.39 is 5.97 Å². The monoisotopic (exact) mass is 334 g/mol. The van der Waals surface area contributed by atoms with Gasteiger partial charge in [0.15, 0.2) is 0 Å². The van der Waals surface area contributed by atoms with Crippen LogP contribution in [0.5, 0.6) is 0 Å². The Labute approximate surface area is 142 Å². The number of rotatable bonds is 5. The van der Waals surface area contributed by atoms with Crippen LogP contribution in [0.2, 0.25) is 0 Å². The van der Waals surface area contributed by atoms with Crippen LogP contribution in [-0.2, 0) is 9.47 Å². The van der Waals surface area contributed by atoms with Gasteiger partial charge in [0.1, 0.15) is 17.5 Å². The van der Waals surface area contributed by atoms with Crippen LogP contribution in [0.3, 0.4) is 0 Å². The summed E-state index contributed by atoms with van der Waals surface area (Å²) in [5.41, 5.74) is 6.47. The third-order valence-electron chi connectivity index (χ3n) is 4.72. The van der Waals surface area contributed by atoms with Crippen LogP contribution < -0.4 is 5.73 Å². The van der Waals surface area contributed by atoms with Gasteiger partial charge in [-0.3, -0.25) is 4.90 Å². The van der Waals surface area contributed by atoms with Gasteiger partial charge in [-0.1, -0.05) is 0 Å². The molecule has 7 heteroatoms. The summed E-state index contributed by atoms with van der Waals surface area (Å²) in [5, 5.41) is 4.32. The second-order valence-electron chi connectivity index (χ2n) is 6.35. The molecule has 3 heterocycles. The van der Waals surface area contributed by atoms with Crippen molar-refractivity contribution in [2.75, 3.05) is 32.0 Å². The average molecular weight is 334 g/mol. The first kappa shape index (κ1) is 16.8. The number of nitrogens with zero attached hydrogens (tertiary/aromatic N) is 3. The van der Waals surface area contributed by atoms with E-state index in [1.165, 1.54) is 6.20 Å². The summed E-state index contributed by atoms with van der Waals surface area (Å²) < 4.78 is 12.4. The van der Waals surface area contributed by atoms with E-state index in [9.17, 15) is 4.79 Å². The average Bonchev–Trinajstić information content (AvgIpc) is 2.98. The van der Waals surface area contributed by atoms with Gasteiger partial charge < -0.3 is 15.2 Å². The molecule has 1 atom stereocenters. The van der Waals surface area contributed by atoms with Crippen molar-refractivity contribution >= 4 is 11.8 Å². The second-order valence-corrected chi connectivity index (χ2v) is 6.35. The Balaban J connectivity index is 1.55. The fraction of sp³-hybridized carbons (Fsp3) is 0.647. The fourth-order valence-corrected chi connectivity index (χ4v) is 3.38. The molecular formula is C17H26N4O3. The van der Waals surface area contributed by atoms with Crippen molar-refractivity contribution < 1.29 is 14.3 Å². The summed E-state index contributed by atoms with van der Waals surface area (Å²) in [7, 11) is 0. The van der Waals surface area contributed by atoms with Crippen LogP contribution in [0.25, 0.3) is 0 Å². The number of aromatic nitrogens is 2. The molecule has 2 aliphatic rings. The molecule has 0 aliphatic carbocycles. The number of likely N-dealkylation sites (tertiary alicyclic amines) is 1. The van der Waals surface area contributed by atoms with E-state index in [1.54, 1.807) is 11.6 Å². The molecule has 0 radical (unpaired) electrons. The molecule has 0 aromatic carbocycles. The predicted molar refractivity (Wildman–Crippen MR) is 90.6 cm³/mol. The van der Waals surface area contributed by atoms with Crippen molar-refractivity contribution in [2.24, 2.45) is 0 Å². The van der Waals surface area contributed by atoms with Crippen LogP contribution in [0, 0.1) is 0 Å². The number of nitrogens with two attached hydrogens (primary N) is 1. The van der Waals surface area contributed by atoms with Gasteiger partial charge in [0.2, 0.25) is 0 Å². The zero-order chi connectivity index (χ0) is 16.9. The molecule has 1 aromatic rings. The Morgan fingerprint density at radius 2 is 2.21 bits per heavy atom. The number of allylic oxidation sites excluding steroid dienone is 1. The summed E-state index contributed by atoms with van der Waals surface area (Å²) in [4.78, 5) is 14.3. The van der Waals surface area contributed by atoms with Crippen molar-refractivity contribution in [1.82, 2.24) is 14.7 Å². The topological polar surface area (TPSA) is 82.6 Å². The number of ether oxygens (including phenoxy) is 2. The molecule has 24 heavy (non-hydrogen) atoms. The summed E-state index contributed by atoms with van der Waals surface area (Å²) >= 11 is 0. The SMILES string of the molecule is CCOC(=O)c1cnn(C2CCN(CC3CCC=CO3)CC2)c1N. The van der Waals surface area contributed by atoms with Crippen molar-refractivity contribution in [3.63, 3.8) is 0 Å². The van der Waals surface area contributed by atoms with Crippen LogP contribution in [0.1, 0.15) is 49.0 Å². The lowest BCUT2D eigenvalue weighted by atomic mass is 10.0. The Bertz CT molecular complexity index is 591. The van der Waals surface area contributed by atoms with E-state index in [4.69, 9.17) is 15.2 Å². The molecule has 1 unspecified atom stereocenters. The highest BCUT2D eigenvalue weighted by Gasteiger charge is 2.26. The number of carbonyl (C=O) groups is 1. The molecule has 1 aromatic heterocycles.